The summed E-state index contributed by atoms with van der Waals surface area (Å²) in [6.45, 7) is 3.45. The molecule has 4 heteroatoms. The van der Waals surface area contributed by atoms with Gasteiger partial charge in [-0.05, 0) is 61.2 Å². The summed E-state index contributed by atoms with van der Waals surface area (Å²) in [5.74, 6) is 0.891. The fourth-order valence-corrected chi connectivity index (χ4v) is 4.01. The minimum atomic E-state index is -1.10. The highest BCUT2D eigenvalue weighted by molar-refractivity contribution is 5.96. The van der Waals surface area contributed by atoms with Crippen LogP contribution < -0.4 is 4.90 Å². The van der Waals surface area contributed by atoms with Gasteiger partial charge in [0, 0.05) is 12.0 Å². The lowest BCUT2D eigenvalue weighted by atomic mass is 10.0. The largest absolute Gasteiger partial charge is 0.346 e. The van der Waals surface area contributed by atoms with E-state index in [1.54, 1.807) is 12.1 Å². The van der Waals surface area contributed by atoms with Crippen molar-refractivity contribution in [3.8, 4) is 0 Å². The molecule has 2 aliphatic rings. The highest BCUT2D eigenvalue weighted by atomic mass is 19.1. The van der Waals surface area contributed by atoms with Crippen molar-refractivity contribution >= 4 is 11.5 Å². The summed E-state index contributed by atoms with van der Waals surface area (Å²) in [6, 6.07) is 14.8. The Balaban J connectivity index is 1.75. The van der Waals surface area contributed by atoms with Crippen LogP contribution in [0, 0.1) is 5.82 Å². The van der Waals surface area contributed by atoms with E-state index in [9.17, 15) is 9.50 Å². The van der Waals surface area contributed by atoms with E-state index in [0.717, 1.165) is 43.5 Å². The number of nitrogens with zero attached hydrogens (tertiary/aromatic N) is 2. The molecule has 0 fully saturated rings. The van der Waals surface area contributed by atoms with Crippen LogP contribution in [0.4, 0.5) is 10.1 Å². The van der Waals surface area contributed by atoms with Gasteiger partial charge >= 0.3 is 0 Å². The monoisotopic (exact) mass is 339 g/mol. The number of aliphatic hydroxyl groups is 1. The maximum Gasteiger partial charge on any atom is 0.271 e. The van der Waals surface area contributed by atoms with Crippen LogP contribution in [0.15, 0.2) is 48.5 Å². The van der Waals surface area contributed by atoms with Gasteiger partial charge in [0.25, 0.3) is 11.6 Å². The average molecular weight is 339 g/mol. The molecule has 2 aliphatic heterocycles. The first kappa shape index (κ1) is 16.3. The number of β-amino-alcohol motifs (C(OH)–C–C–N with tert-alkyl or cyclic N) is 1. The Morgan fingerprint density at radius 1 is 1.08 bits per heavy atom. The lowest BCUT2D eigenvalue weighted by Gasteiger charge is -2.24. The van der Waals surface area contributed by atoms with Crippen LogP contribution in [0.25, 0.3) is 0 Å². The molecule has 4 rings (SSSR count). The predicted octanol–water partition coefficient (Wildman–Crippen LogP) is 3.65. The van der Waals surface area contributed by atoms with Gasteiger partial charge in [-0.15, -0.1) is 0 Å². The highest BCUT2D eigenvalue weighted by Crippen LogP contribution is 2.35. The van der Waals surface area contributed by atoms with Gasteiger partial charge in [0.2, 0.25) is 0 Å². The highest BCUT2D eigenvalue weighted by Gasteiger charge is 2.52. The second kappa shape index (κ2) is 6.26. The van der Waals surface area contributed by atoms with Gasteiger partial charge in [0.15, 0.2) is 6.54 Å². The minimum absolute atomic E-state index is 0.278. The Hall–Kier alpha value is -2.20. The first-order valence-corrected chi connectivity index (χ1v) is 9.10. The lowest BCUT2D eigenvalue weighted by molar-refractivity contribution is -0.661. The van der Waals surface area contributed by atoms with E-state index in [-0.39, 0.29) is 5.82 Å². The second-order valence-electron chi connectivity index (χ2n) is 6.95. The molecule has 2 heterocycles. The fourth-order valence-electron chi connectivity index (χ4n) is 4.01. The van der Waals surface area contributed by atoms with Crippen molar-refractivity contribution < 1.29 is 14.1 Å². The van der Waals surface area contributed by atoms with Gasteiger partial charge in [-0.3, -0.25) is 0 Å². The summed E-state index contributed by atoms with van der Waals surface area (Å²) in [4.78, 5) is 2.22. The third-order valence-electron chi connectivity index (χ3n) is 5.44. The Bertz CT molecular complexity index is 798. The molecule has 0 unspecified atom stereocenters. The van der Waals surface area contributed by atoms with Crippen molar-refractivity contribution in [1.29, 1.82) is 0 Å². The Morgan fingerprint density at radius 3 is 2.48 bits per heavy atom. The zero-order valence-electron chi connectivity index (χ0n) is 14.6. The molecule has 2 aromatic carbocycles. The topological polar surface area (TPSA) is 26.5 Å². The van der Waals surface area contributed by atoms with Gasteiger partial charge in [-0.1, -0.05) is 19.1 Å². The molecule has 0 aromatic heterocycles. The molecule has 1 N–H and O–H groups in total. The Kier molecular flexibility index (Phi) is 4.08. The molecule has 0 bridgehead atoms. The van der Waals surface area contributed by atoms with Crippen molar-refractivity contribution in [1.82, 2.24) is 0 Å². The molecule has 0 amide bonds. The molecule has 0 saturated heterocycles. The summed E-state index contributed by atoms with van der Waals surface area (Å²) >= 11 is 0. The van der Waals surface area contributed by atoms with Gasteiger partial charge in [0.1, 0.15) is 11.5 Å². The molecule has 130 valence electrons. The number of aryl methyl sites for hydroxylation is 1. The van der Waals surface area contributed by atoms with E-state index in [1.165, 1.54) is 23.5 Å². The van der Waals surface area contributed by atoms with Crippen molar-refractivity contribution in [2.45, 2.75) is 38.3 Å². The van der Waals surface area contributed by atoms with Crippen LogP contribution >= 0.6 is 0 Å². The van der Waals surface area contributed by atoms with Gasteiger partial charge in [-0.25, -0.2) is 13.9 Å². The SMILES string of the molecule is CCc1ccc(N2C[C@](O)(c3ccc(F)cc3)[N+]3=C2CCCC3)cc1. The minimum Gasteiger partial charge on any atom is -0.346 e. The van der Waals surface area contributed by atoms with E-state index >= 15 is 0 Å². The molecule has 0 aliphatic carbocycles. The normalized spacial score (nSPS) is 23.1. The van der Waals surface area contributed by atoms with Crippen LogP contribution in [-0.4, -0.2) is 28.6 Å². The van der Waals surface area contributed by atoms with Crippen LogP contribution in [0.3, 0.4) is 0 Å². The van der Waals surface area contributed by atoms with E-state index in [4.69, 9.17) is 0 Å². The van der Waals surface area contributed by atoms with Gasteiger partial charge < -0.3 is 5.11 Å². The third kappa shape index (κ3) is 2.74. The Labute approximate surface area is 148 Å². The quantitative estimate of drug-likeness (QED) is 0.864. The van der Waals surface area contributed by atoms with Crippen LogP contribution in [-0.2, 0) is 12.1 Å². The smallest absolute Gasteiger partial charge is 0.271 e. The summed E-state index contributed by atoms with van der Waals surface area (Å²) in [5.41, 5.74) is 2.06. The second-order valence-corrected chi connectivity index (χ2v) is 6.95. The molecule has 2 aromatic rings. The molecule has 25 heavy (non-hydrogen) atoms. The van der Waals surface area contributed by atoms with E-state index in [1.807, 2.05) is 0 Å². The predicted molar refractivity (Wildman–Crippen MR) is 97.4 cm³/mol. The van der Waals surface area contributed by atoms with E-state index in [0.29, 0.717) is 6.54 Å². The maximum absolute atomic E-state index is 13.3. The Morgan fingerprint density at radius 2 is 1.80 bits per heavy atom. The van der Waals surface area contributed by atoms with E-state index < -0.39 is 5.72 Å². The van der Waals surface area contributed by atoms with Crippen molar-refractivity contribution in [2.24, 2.45) is 0 Å². The van der Waals surface area contributed by atoms with Crippen LogP contribution in [0.1, 0.15) is 37.3 Å². The number of anilines is 1. The fraction of sp³-hybridized carbons (Fsp3) is 0.381. The molecule has 3 nitrogen and oxygen atoms in total. The zero-order valence-corrected chi connectivity index (χ0v) is 14.6. The molecular formula is C21H24FN2O+. The molecule has 0 radical (unpaired) electrons. The molecule has 1 atom stereocenters. The first-order valence-electron chi connectivity index (χ1n) is 9.10. The molecule has 0 spiro atoms. The van der Waals surface area contributed by atoms with Crippen LogP contribution in [0.5, 0.6) is 0 Å². The maximum atomic E-state index is 13.3. The number of hydrogen-bond donors (Lipinski definition) is 1. The summed E-state index contributed by atoms with van der Waals surface area (Å²) in [5, 5.41) is 11.5. The summed E-state index contributed by atoms with van der Waals surface area (Å²) in [6.07, 6.45) is 4.17. The van der Waals surface area contributed by atoms with E-state index in [2.05, 4.69) is 40.7 Å². The van der Waals surface area contributed by atoms with Crippen molar-refractivity contribution in [2.75, 3.05) is 18.0 Å². The zero-order chi connectivity index (χ0) is 17.4. The number of hydrogen-bond acceptors (Lipinski definition) is 2. The first-order chi connectivity index (χ1) is 12.1. The van der Waals surface area contributed by atoms with Crippen LogP contribution in [0.2, 0.25) is 0 Å². The van der Waals surface area contributed by atoms with Gasteiger partial charge in [0.05, 0.1) is 6.54 Å². The standard InChI is InChI=1S/C21H24FN2O/c1-2-16-6-12-19(13-7-16)23-15-21(25,17-8-10-18(22)11-9-17)24-14-4-3-5-20(23)24/h6-13,25H,2-5,14-15H2,1H3/q+1/t21-/m0/s1. The van der Waals surface area contributed by atoms with Gasteiger partial charge in [-0.2, -0.15) is 0 Å². The molecular weight excluding hydrogens is 315 g/mol. The number of amidine groups is 1. The number of halogens is 1. The lowest BCUT2D eigenvalue weighted by Crippen LogP contribution is -2.41. The summed E-state index contributed by atoms with van der Waals surface area (Å²) in [7, 11) is 0. The average Bonchev–Trinajstić information content (AvgIpc) is 2.97. The summed E-state index contributed by atoms with van der Waals surface area (Å²) < 4.78 is 15.4. The number of rotatable bonds is 3. The van der Waals surface area contributed by atoms with Crippen molar-refractivity contribution in [3.05, 3.63) is 65.5 Å². The molecule has 0 saturated carbocycles. The third-order valence-corrected chi connectivity index (χ3v) is 5.44. The number of benzene rings is 2. The van der Waals surface area contributed by atoms with Crippen molar-refractivity contribution in [3.63, 3.8) is 0 Å².